The van der Waals surface area contributed by atoms with Crippen molar-refractivity contribution >= 4 is 38.7 Å². The molecule has 258 valence electrons. The Kier molecular flexibility index (Phi) is 11.4. The average Bonchev–Trinajstić information content (AvgIpc) is 3.48. The highest BCUT2D eigenvalue weighted by Gasteiger charge is 2.32. The third-order valence-electron chi connectivity index (χ3n) is 8.56. The van der Waals surface area contributed by atoms with Gasteiger partial charge in [-0.15, -0.1) is 0 Å². The number of sulfonamides is 1. The molecule has 0 unspecified atom stereocenters. The number of oxazole rings is 1. The van der Waals surface area contributed by atoms with Crippen LogP contribution in [-0.2, 0) is 14.8 Å². The van der Waals surface area contributed by atoms with Gasteiger partial charge in [0.25, 0.3) is 11.9 Å². The van der Waals surface area contributed by atoms with E-state index in [4.69, 9.17) is 13.9 Å². The van der Waals surface area contributed by atoms with Gasteiger partial charge in [0.05, 0.1) is 35.3 Å². The number of likely N-dealkylation sites (N-methyl/N-ethyl adjacent to an activating group) is 1. The van der Waals surface area contributed by atoms with E-state index in [0.29, 0.717) is 41.1 Å². The molecule has 0 fully saturated rings. The lowest BCUT2D eigenvalue weighted by atomic mass is 10.0. The van der Waals surface area contributed by atoms with Gasteiger partial charge < -0.3 is 29.2 Å². The topological polar surface area (TPSA) is 134 Å². The number of aromatic nitrogens is 1. The van der Waals surface area contributed by atoms with E-state index in [1.807, 2.05) is 38.1 Å². The molecule has 0 radical (unpaired) electrons. The van der Waals surface area contributed by atoms with Crippen molar-refractivity contribution in [3.8, 4) is 5.75 Å². The standard InChI is InChI=1S/C35H43FN4O7S/c1-23-20-40(24(2)22-41)34(42)29-19-27(37-35-38-30-10-5-6-11-32(30)47-35)14-17-31(29)46-25(3)9-7-8-18-45-33(23)21-39(4)48(43,44)28-15-12-26(36)13-16-28/h5-6,10-17,19,23-25,33,41H,7-9,18,20-22H2,1-4H3,(H,37,38)/t23-,24+,25+,33+/m1/s1. The number of rotatable bonds is 8. The summed E-state index contributed by atoms with van der Waals surface area (Å²) < 4.78 is 59.9. The Labute approximate surface area is 280 Å². The van der Waals surface area contributed by atoms with Crippen molar-refractivity contribution in [2.24, 2.45) is 5.92 Å². The minimum absolute atomic E-state index is 0.00504. The Morgan fingerprint density at radius 3 is 2.58 bits per heavy atom. The molecule has 0 saturated heterocycles. The number of ether oxygens (including phenoxy) is 2. The van der Waals surface area contributed by atoms with Crippen LogP contribution in [0, 0.1) is 11.7 Å². The lowest BCUT2D eigenvalue weighted by Crippen LogP contribution is -2.48. The Morgan fingerprint density at radius 2 is 1.85 bits per heavy atom. The zero-order valence-corrected chi connectivity index (χ0v) is 28.5. The second-order valence-electron chi connectivity index (χ2n) is 12.4. The Hall–Kier alpha value is -4.04. The summed E-state index contributed by atoms with van der Waals surface area (Å²) in [6, 6.07) is 17.0. The number of amides is 1. The van der Waals surface area contributed by atoms with Crippen molar-refractivity contribution in [2.45, 2.75) is 63.2 Å². The van der Waals surface area contributed by atoms with Gasteiger partial charge in [-0.05, 0) is 87.7 Å². The molecule has 4 atom stereocenters. The third kappa shape index (κ3) is 8.32. The van der Waals surface area contributed by atoms with Crippen LogP contribution in [0.3, 0.4) is 0 Å². The summed E-state index contributed by atoms with van der Waals surface area (Å²) in [5.74, 6) is -0.831. The molecule has 3 aromatic carbocycles. The number of para-hydroxylation sites is 2. The molecule has 1 amide bonds. The number of fused-ring (bicyclic) bond motifs is 2. The smallest absolute Gasteiger partial charge is 0.300 e. The number of nitrogens with one attached hydrogen (secondary N) is 1. The lowest BCUT2D eigenvalue weighted by Gasteiger charge is -2.35. The van der Waals surface area contributed by atoms with Crippen LogP contribution in [0.1, 0.15) is 50.4 Å². The van der Waals surface area contributed by atoms with Crippen LogP contribution in [0.15, 0.2) is 76.0 Å². The van der Waals surface area contributed by atoms with Crippen LogP contribution in [0.5, 0.6) is 5.75 Å². The van der Waals surface area contributed by atoms with Crippen molar-refractivity contribution in [3.63, 3.8) is 0 Å². The summed E-state index contributed by atoms with van der Waals surface area (Å²) in [5.41, 5.74) is 2.16. The van der Waals surface area contributed by atoms with E-state index in [1.54, 1.807) is 30.0 Å². The first-order valence-electron chi connectivity index (χ1n) is 16.1. The highest BCUT2D eigenvalue weighted by atomic mass is 32.2. The largest absolute Gasteiger partial charge is 0.490 e. The molecule has 1 aliphatic heterocycles. The minimum Gasteiger partial charge on any atom is -0.490 e. The first kappa shape index (κ1) is 35.3. The fourth-order valence-corrected chi connectivity index (χ4v) is 6.83. The Balaban J connectivity index is 1.44. The summed E-state index contributed by atoms with van der Waals surface area (Å²) >= 11 is 0. The molecular formula is C35H43FN4O7S. The number of nitrogens with zero attached hydrogens (tertiary/aromatic N) is 3. The quantitative estimate of drug-likeness (QED) is 0.236. The number of benzene rings is 3. The predicted octanol–water partition coefficient (Wildman–Crippen LogP) is 5.83. The number of anilines is 2. The van der Waals surface area contributed by atoms with E-state index in [9.17, 15) is 22.7 Å². The molecule has 0 spiro atoms. The fourth-order valence-electron chi connectivity index (χ4n) is 5.65. The zero-order chi connectivity index (χ0) is 34.4. The van der Waals surface area contributed by atoms with Crippen LogP contribution in [0.2, 0.25) is 0 Å². The normalized spacial score (nSPS) is 20.6. The maximum absolute atomic E-state index is 14.4. The maximum atomic E-state index is 14.4. The number of hydrogen-bond donors (Lipinski definition) is 2. The minimum atomic E-state index is -3.94. The highest BCUT2D eigenvalue weighted by molar-refractivity contribution is 7.89. The monoisotopic (exact) mass is 682 g/mol. The SMILES string of the molecule is C[C@@H]1CN([C@@H](C)CO)C(=O)c2cc(Nc3nc4ccccc4o3)ccc2O[C@@H](C)CCCCO[C@H]1CN(C)S(=O)(=O)c1ccc(F)cc1. The van der Waals surface area contributed by atoms with E-state index >= 15 is 0 Å². The summed E-state index contributed by atoms with van der Waals surface area (Å²) in [5, 5.41) is 13.4. The second kappa shape index (κ2) is 15.5. The molecule has 4 aromatic rings. The van der Waals surface area contributed by atoms with Gasteiger partial charge in [0, 0.05) is 38.3 Å². The number of hydrogen-bond acceptors (Lipinski definition) is 9. The van der Waals surface area contributed by atoms with Gasteiger partial charge in [-0.1, -0.05) is 19.1 Å². The molecular weight excluding hydrogens is 639 g/mol. The Bertz CT molecular complexity index is 1770. The van der Waals surface area contributed by atoms with Crippen LogP contribution in [-0.4, -0.2) is 85.2 Å². The van der Waals surface area contributed by atoms with E-state index in [0.717, 1.165) is 25.0 Å². The van der Waals surface area contributed by atoms with Crippen molar-refractivity contribution in [1.29, 1.82) is 0 Å². The summed E-state index contributed by atoms with van der Waals surface area (Å²) in [7, 11) is -2.48. The maximum Gasteiger partial charge on any atom is 0.300 e. The fraction of sp³-hybridized carbons (Fsp3) is 0.429. The molecule has 5 rings (SSSR count). The number of carbonyl (C=O) groups excluding carboxylic acids is 1. The van der Waals surface area contributed by atoms with Gasteiger partial charge in [0.15, 0.2) is 5.58 Å². The van der Waals surface area contributed by atoms with Crippen LogP contribution < -0.4 is 10.1 Å². The number of halogens is 1. The van der Waals surface area contributed by atoms with Gasteiger partial charge >= 0.3 is 0 Å². The average molecular weight is 683 g/mol. The summed E-state index contributed by atoms with van der Waals surface area (Å²) in [4.78, 5) is 20.4. The molecule has 1 aromatic heterocycles. The van der Waals surface area contributed by atoms with Crippen LogP contribution in [0.4, 0.5) is 16.1 Å². The van der Waals surface area contributed by atoms with Gasteiger partial charge in [-0.25, -0.2) is 12.8 Å². The predicted molar refractivity (Wildman–Crippen MR) is 180 cm³/mol. The van der Waals surface area contributed by atoms with Crippen LogP contribution in [0.25, 0.3) is 11.1 Å². The number of carbonyl (C=O) groups is 1. The molecule has 13 heteroatoms. The van der Waals surface area contributed by atoms with E-state index in [2.05, 4.69) is 10.3 Å². The van der Waals surface area contributed by atoms with E-state index in [-0.39, 0.29) is 48.5 Å². The third-order valence-corrected chi connectivity index (χ3v) is 10.4. The first-order chi connectivity index (χ1) is 23.0. The molecule has 0 saturated carbocycles. The Morgan fingerprint density at radius 1 is 1.10 bits per heavy atom. The molecule has 2 N–H and O–H groups in total. The summed E-state index contributed by atoms with van der Waals surface area (Å²) in [6.45, 7) is 5.84. The molecule has 1 aliphatic rings. The summed E-state index contributed by atoms with van der Waals surface area (Å²) in [6.07, 6.45) is 1.42. The van der Waals surface area contributed by atoms with Gasteiger partial charge in [-0.2, -0.15) is 9.29 Å². The first-order valence-corrected chi connectivity index (χ1v) is 17.6. The van der Waals surface area contributed by atoms with Crippen molar-refractivity contribution in [3.05, 3.63) is 78.1 Å². The number of aliphatic hydroxyl groups excluding tert-OH is 1. The van der Waals surface area contributed by atoms with Crippen molar-refractivity contribution in [2.75, 3.05) is 38.7 Å². The zero-order valence-electron chi connectivity index (χ0n) is 27.6. The lowest BCUT2D eigenvalue weighted by molar-refractivity contribution is -0.00833. The van der Waals surface area contributed by atoms with Gasteiger partial charge in [0.1, 0.15) is 17.1 Å². The molecule has 2 heterocycles. The van der Waals surface area contributed by atoms with Crippen molar-refractivity contribution in [1.82, 2.24) is 14.2 Å². The molecule has 0 bridgehead atoms. The van der Waals surface area contributed by atoms with Gasteiger partial charge in [-0.3, -0.25) is 4.79 Å². The van der Waals surface area contributed by atoms with Crippen molar-refractivity contribution < 1.29 is 36.6 Å². The number of aliphatic hydroxyl groups is 1. The molecule has 0 aliphatic carbocycles. The van der Waals surface area contributed by atoms with Crippen LogP contribution >= 0.6 is 0 Å². The van der Waals surface area contributed by atoms with E-state index in [1.165, 1.54) is 23.5 Å². The van der Waals surface area contributed by atoms with Gasteiger partial charge in [0.2, 0.25) is 10.0 Å². The second-order valence-corrected chi connectivity index (χ2v) is 14.4. The molecule has 48 heavy (non-hydrogen) atoms. The highest BCUT2D eigenvalue weighted by Crippen LogP contribution is 2.30. The molecule has 11 nitrogen and oxygen atoms in total. The van der Waals surface area contributed by atoms with E-state index < -0.39 is 28.0 Å².